The Morgan fingerprint density at radius 3 is 1.64 bits per heavy atom. The highest BCUT2D eigenvalue weighted by Gasteiger charge is 2.22. The minimum Gasteiger partial charge on any atom is -0.485 e. The van der Waals surface area contributed by atoms with Gasteiger partial charge < -0.3 is 19.0 Å². The SMILES string of the molecule is CNOC(=O)c1ccc(/C=C/C(=O)c2ccc(OCc3ccccc3)c(OCc3ccccc3)c2OCc2ccccc2)cc1. The van der Waals surface area contributed by atoms with Crippen molar-refractivity contribution in [2.24, 2.45) is 0 Å². The molecule has 0 saturated carbocycles. The van der Waals surface area contributed by atoms with Crippen molar-refractivity contribution < 1.29 is 28.6 Å². The number of hydrogen-bond donors (Lipinski definition) is 1. The molecule has 0 spiro atoms. The van der Waals surface area contributed by atoms with Gasteiger partial charge in [-0.3, -0.25) is 4.79 Å². The number of ether oxygens (including phenoxy) is 3. The molecule has 45 heavy (non-hydrogen) atoms. The van der Waals surface area contributed by atoms with Crippen molar-refractivity contribution in [3.63, 3.8) is 0 Å². The van der Waals surface area contributed by atoms with E-state index in [1.54, 1.807) is 42.5 Å². The molecule has 1 N–H and O–H groups in total. The maximum absolute atomic E-state index is 13.7. The van der Waals surface area contributed by atoms with E-state index in [0.29, 0.717) is 35.0 Å². The van der Waals surface area contributed by atoms with Crippen molar-refractivity contribution in [3.05, 3.63) is 167 Å². The molecule has 0 amide bonds. The quantitative estimate of drug-likeness (QED) is 0.0799. The zero-order valence-electron chi connectivity index (χ0n) is 24.8. The van der Waals surface area contributed by atoms with Crippen LogP contribution in [-0.2, 0) is 24.7 Å². The van der Waals surface area contributed by atoms with Crippen molar-refractivity contribution >= 4 is 17.8 Å². The number of carbonyl (C=O) groups is 2. The van der Waals surface area contributed by atoms with Crippen LogP contribution in [0.3, 0.4) is 0 Å². The summed E-state index contributed by atoms with van der Waals surface area (Å²) in [7, 11) is 1.51. The summed E-state index contributed by atoms with van der Waals surface area (Å²) in [6.45, 7) is 0.782. The summed E-state index contributed by atoms with van der Waals surface area (Å²) in [6.07, 6.45) is 3.15. The van der Waals surface area contributed by atoms with Crippen LogP contribution in [0.5, 0.6) is 17.2 Å². The minimum absolute atomic E-state index is 0.221. The molecule has 226 valence electrons. The highest BCUT2D eigenvalue weighted by Crippen LogP contribution is 2.42. The predicted octanol–water partition coefficient (Wildman–Crippen LogP) is 7.61. The van der Waals surface area contributed by atoms with Gasteiger partial charge in [-0.05, 0) is 52.6 Å². The van der Waals surface area contributed by atoms with Gasteiger partial charge in [-0.25, -0.2) is 4.79 Å². The van der Waals surface area contributed by atoms with Crippen LogP contribution >= 0.6 is 0 Å². The molecule has 7 heteroatoms. The van der Waals surface area contributed by atoms with Gasteiger partial charge in [-0.1, -0.05) is 109 Å². The summed E-state index contributed by atoms with van der Waals surface area (Å²) in [6, 6.07) is 39.5. The second-order valence-electron chi connectivity index (χ2n) is 10.0. The molecule has 5 aromatic rings. The maximum Gasteiger partial charge on any atom is 0.356 e. The average Bonchev–Trinajstić information content (AvgIpc) is 3.09. The lowest BCUT2D eigenvalue weighted by molar-refractivity contribution is 0.0310. The second-order valence-corrected chi connectivity index (χ2v) is 10.0. The van der Waals surface area contributed by atoms with Gasteiger partial charge in [0.05, 0.1) is 11.1 Å². The lowest BCUT2D eigenvalue weighted by Crippen LogP contribution is -2.14. The Labute approximate surface area is 262 Å². The average molecular weight is 600 g/mol. The van der Waals surface area contributed by atoms with Crippen LogP contribution in [0.15, 0.2) is 133 Å². The molecule has 0 fully saturated rings. The van der Waals surface area contributed by atoms with Crippen LogP contribution in [-0.4, -0.2) is 18.8 Å². The minimum atomic E-state index is -0.498. The van der Waals surface area contributed by atoms with Gasteiger partial charge in [0.2, 0.25) is 5.75 Å². The largest absolute Gasteiger partial charge is 0.485 e. The zero-order chi connectivity index (χ0) is 31.3. The Bertz CT molecular complexity index is 1720. The molecule has 5 aromatic carbocycles. The molecule has 0 radical (unpaired) electrons. The number of allylic oxidation sites excluding steroid dienone is 1. The van der Waals surface area contributed by atoms with E-state index in [4.69, 9.17) is 19.0 Å². The van der Waals surface area contributed by atoms with Crippen molar-refractivity contribution in [2.45, 2.75) is 19.8 Å². The first-order valence-electron chi connectivity index (χ1n) is 14.5. The fraction of sp³-hybridized carbons (Fsp3) is 0.105. The van der Waals surface area contributed by atoms with Gasteiger partial charge >= 0.3 is 5.97 Å². The molecule has 0 aromatic heterocycles. The van der Waals surface area contributed by atoms with Crippen LogP contribution < -0.4 is 19.7 Å². The van der Waals surface area contributed by atoms with Crippen LogP contribution in [0.2, 0.25) is 0 Å². The summed E-state index contributed by atoms with van der Waals surface area (Å²) in [5, 5.41) is 0. The maximum atomic E-state index is 13.7. The van der Waals surface area contributed by atoms with Gasteiger partial charge in [0, 0.05) is 7.05 Å². The fourth-order valence-corrected chi connectivity index (χ4v) is 4.47. The van der Waals surface area contributed by atoms with E-state index in [2.05, 4.69) is 5.48 Å². The van der Waals surface area contributed by atoms with Gasteiger partial charge in [-0.2, -0.15) is 5.48 Å². The number of ketones is 1. The first-order chi connectivity index (χ1) is 22.1. The fourth-order valence-electron chi connectivity index (χ4n) is 4.47. The van der Waals surface area contributed by atoms with Crippen LogP contribution in [0.25, 0.3) is 6.08 Å². The van der Waals surface area contributed by atoms with Gasteiger partial charge in [0.15, 0.2) is 17.3 Å². The lowest BCUT2D eigenvalue weighted by Gasteiger charge is -2.19. The normalized spacial score (nSPS) is 10.8. The van der Waals surface area contributed by atoms with E-state index in [0.717, 1.165) is 22.3 Å². The highest BCUT2D eigenvalue weighted by molar-refractivity contribution is 6.09. The molecule has 0 aliphatic carbocycles. The third kappa shape index (κ3) is 8.69. The standard InChI is InChI=1S/C38H33NO6/c1-39-45-38(41)32-20-17-28(18-21-32)19-23-34(40)33-22-24-35(42-25-29-11-5-2-6-12-29)37(44-27-31-15-9-4-10-16-31)36(33)43-26-30-13-7-3-8-14-30/h2-24,39H,25-27H2,1H3/b23-19+. The predicted molar refractivity (Wildman–Crippen MR) is 173 cm³/mol. The van der Waals surface area contributed by atoms with E-state index in [9.17, 15) is 9.59 Å². The topological polar surface area (TPSA) is 83.1 Å². The second kappa shape index (κ2) is 15.7. The molecule has 0 unspecified atom stereocenters. The van der Waals surface area contributed by atoms with Gasteiger partial charge in [0.25, 0.3) is 0 Å². The third-order valence-corrected chi connectivity index (χ3v) is 6.80. The summed E-state index contributed by atoms with van der Waals surface area (Å²) in [5.41, 5.74) is 6.70. The smallest absolute Gasteiger partial charge is 0.356 e. The van der Waals surface area contributed by atoms with E-state index >= 15 is 0 Å². The molecule has 0 bridgehead atoms. The van der Waals surface area contributed by atoms with Gasteiger partial charge in [0.1, 0.15) is 19.8 Å². The van der Waals surface area contributed by atoms with Crippen molar-refractivity contribution in [3.8, 4) is 17.2 Å². The van der Waals surface area contributed by atoms with E-state index in [-0.39, 0.29) is 19.0 Å². The molecule has 0 aliphatic heterocycles. The molecule has 5 rings (SSSR count). The van der Waals surface area contributed by atoms with E-state index in [1.807, 2.05) is 91.0 Å². The number of hydrogen-bond acceptors (Lipinski definition) is 7. The number of benzene rings is 5. The molecule has 0 heterocycles. The first-order valence-corrected chi connectivity index (χ1v) is 14.5. The van der Waals surface area contributed by atoms with Crippen molar-refractivity contribution in [1.82, 2.24) is 5.48 Å². The number of nitrogens with one attached hydrogen (secondary N) is 1. The molecule has 0 atom stereocenters. The molecular weight excluding hydrogens is 566 g/mol. The molecule has 0 aliphatic rings. The highest BCUT2D eigenvalue weighted by atomic mass is 16.7. The Balaban J connectivity index is 1.47. The molecule has 7 nitrogen and oxygen atoms in total. The monoisotopic (exact) mass is 599 g/mol. The van der Waals surface area contributed by atoms with E-state index < -0.39 is 5.97 Å². The zero-order valence-corrected chi connectivity index (χ0v) is 24.8. The van der Waals surface area contributed by atoms with Crippen LogP contribution in [0, 0.1) is 0 Å². The summed E-state index contributed by atoms with van der Waals surface area (Å²) >= 11 is 0. The molecule has 0 saturated heterocycles. The lowest BCUT2D eigenvalue weighted by atomic mass is 10.1. The van der Waals surface area contributed by atoms with E-state index in [1.165, 1.54) is 13.1 Å². The summed E-state index contributed by atoms with van der Waals surface area (Å²) < 4.78 is 19.0. The molecular formula is C38H33NO6. The number of carbonyl (C=O) groups excluding carboxylic acids is 2. The van der Waals surface area contributed by atoms with Crippen molar-refractivity contribution in [2.75, 3.05) is 7.05 Å². The Kier molecular flexibility index (Phi) is 10.7. The third-order valence-electron chi connectivity index (χ3n) is 6.80. The van der Waals surface area contributed by atoms with Crippen molar-refractivity contribution in [1.29, 1.82) is 0 Å². The summed E-state index contributed by atoms with van der Waals surface area (Å²) in [4.78, 5) is 30.4. The number of rotatable bonds is 14. The number of hydroxylamine groups is 1. The summed E-state index contributed by atoms with van der Waals surface area (Å²) in [5.74, 6) is 0.317. The Morgan fingerprint density at radius 2 is 1.11 bits per heavy atom. The van der Waals surface area contributed by atoms with Gasteiger partial charge in [-0.15, -0.1) is 0 Å². The van der Waals surface area contributed by atoms with Crippen LogP contribution in [0.4, 0.5) is 0 Å². The van der Waals surface area contributed by atoms with Crippen LogP contribution in [0.1, 0.15) is 43.0 Å². The Morgan fingerprint density at radius 1 is 0.600 bits per heavy atom. The Hall–Kier alpha value is -5.66. The first kappa shape index (κ1) is 30.8.